The number of aromatic nitrogens is 2. The summed E-state index contributed by atoms with van der Waals surface area (Å²) in [6.07, 6.45) is 2.56. The number of hydrogen-bond acceptors (Lipinski definition) is 6. The quantitative estimate of drug-likeness (QED) is 0.830. The number of sulfone groups is 1. The zero-order valence-corrected chi connectivity index (χ0v) is 13.8. The predicted octanol–water partition coefficient (Wildman–Crippen LogP) is 1.63. The molecule has 21 heavy (non-hydrogen) atoms. The number of hydrogen-bond donors (Lipinski definition) is 2. The van der Waals surface area contributed by atoms with Gasteiger partial charge < -0.3 is 10.6 Å². The van der Waals surface area contributed by atoms with Crippen molar-refractivity contribution in [1.82, 2.24) is 9.97 Å². The Morgan fingerprint density at radius 1 is 1.29 bits per heavy atom. The molecule has 1 aliphatic heterocycles. The van der Waals surface area contributed by atoms with Gasteiger partial charge in [-0.1, -0.05) is 6.92 Å². The van der Waals surface area contributed by atoms with E-state index in [4.69, 9.17) is 0 Å². The number of rotatable bonds is 6. The van der Waals surface area contributed by atoms with Crippen molar-refractivity contribution in [2.45, 2.75) is 33.1 Å². The summed E-state index contributed by atoms with van der Waals surface area (Å²) < 4.78 is 23.0. The van der Waals surface area contributed by atoms with Gasteiger partial charge in [-0.25, -0.2) is 18.4 Å². The molecule has 1 fully saturated rings. The summed E-state index contributed by atoms with van der Waals surface area (Å²) in [5.41, 5.74) is 0.971. The highest BCUT2D eigenvalue weighted by atomic mass is 32.2. The Labute approximate surface area is 126 Å². The van der Waals surface area contributed by atoms with Crippen LogP contribution in [0.25, 0.3) is 0 Å². The van der Waals surface area contributed by atoms with E-state index in [2.05, 4.69) is 27.5 Å². The summed E-state index contributed by atoms with van der Waals surface area (Å²) >= 11 is 0. The average molecular weight is 312 g/mol. The van der Waals surface area contributed by atoms with E-state index in [0.717, 1.165) is 42.3 Å². The molecule has 0 saturated carbocycles. The lowest BCUT2D eigenvalue weighted by Crippen LogP contribution is -2.18. The molecule has 0 aromatic carbocycles. The molecule has 0 amide bonds. The third-order valence-electron chi connectivity index (χ3n) is 3.79. The van der Waals surface area contributed by atoms with Crippen molar-refractivity contribution in [3.05, 3.63) is 11.4 Å². The van der Waals surface area contributed by atoms with Crippen molar-refractivity contribution >= 4 is 21.5 Å². The molecule has 2 rings (SSSR count). The van der Waals surface area contributed by atoms with E-state index in [0.29, 0.717) is 12.3 Å². The highest BCUT2D eigenvalue weighted by Gasteiger charge is 2.27. The van der Waals surface area contributed by atoms with Crippen LogP contribution in [-0.2, 0) is 16.3 Å². The fraction of sp³-hybridized carbons (Fsp3) is 0.714. The van der Waals surface area contributed by atoms with E-state index >= 15 is 0 Å². The van der Waals surface area contributed by atoms with Crippen LogP contribution in [0.5, 0.6) is 0 Å². The molecule has 7 heteroatoms. The van der Waals surface area contributed by atoms with E-state index in [1.807, 2.05) is 14.0 Å². The Morgan fingerprint density at radius 2 is 2.00 bits per heavy atom. The molecule has 2 N–H and O–H groups in total. The van der Waals surface area contributed by atoms with Crippen LogP contribution in [0.3, 0.4) is 0 Å². The van der Waals surface area contributed by atoms with Gasteiger partial charge in [0.25, 0.3) is 0 Å². The van der Waals surface area contributed by atoms with E-state index in [1.165, 1.54) is 0 Å². The Balaban J connectivity index is 2.10. The lowest BCUT2D eigenvalue weighted by Gasteiger charge is -2.15. The molecule has 2 heterocycles. The summed E-state index contributed by atoms with van der Waals surface area (Å²) in [6.45, 7) is 4.71. The molecule has 1 atom stereocenters. The smallest absolute Gasteiger partial charge is 0.150 e. The van der Waals surface area contributed by atoms with Gasteiger partial charge in [0, 0.05) is 25.6 Å². The van der Waals surface area contributed by atoms with Gasteiger partial charge in [0.15, 0.2) is 9.84 Å². The Morgan fingerprint density at radius 3 is 2.57 bits per heavy atom. The van der Waals surface area contributed by atoms with Crippen LogP contribution in [0.15, 0.2) is 0 Å². The maximum atomic E-state index is 11.5. The molecule has 1 aromatic heterocycles. The van der Waals surface area contributed by atoms with Gasteiger partial charge in [0.2, 0.25) is 0 Å². The van der Waals surface area contributed by atoms with Crippen LogP contribution in [0.1, 0.15) is 31.2 Å². The number of aryl methyl sites for hydroxylation is 1. The highest BCUT2D eigenvalue weighted by molar-refractivity contribution is 7.91. The summed E-state index contributed by atoms with van der Waals surface area (Å²) in [5, 5.41) is 6.40. The average Bonchev–Trinajstić information content (AvgIpc) is 2.78. The second-order valence-electron chi connectivity index (χ2n) is 5.61. The Hall–Kier alpha value is -1.37. The molecule has 0 aliphatic carbocycles. The minimum atomic E-state index is -2.82. The van der Waals surface area contributed by atoms with E-state index < -0.39 is 9.84 Å². The molecule has 118 valence electrons. The summed E-state index contributed by atoms with van der Waals surface area (Å²) in [7, 11) is -0.979. The van der Waals surface area contributed by atoms with Gasteiger partial charge in [0.1, 0.15) is 17.5 Å². The molecule has 1 aliphatic rings. The van der Waals surface area contributed by atoms with Crippen LogP contribution < -0.4 is 10.6 Å². The van der Waals surface area contributed by atoms with E-state index in [-0.39, 0.29) is 11.7 Å². The SMILES string of the molecule is CCCc1nc(NC)c(C)c(NCC2CCS(=O)(=O)C2)n1. The van der Waals surface area contributed by atoms with E-state index in [9.17, 15) is 8.42 Å². The van der Waals surface area contributed by atoms with Crippen molar-refractivity contribution in [2.75, 3.05) is 35.7 Å². The molecular formula is C14H24N4O2S. The first-order valence-corrected chi connectivity index (χ1v) is 9.27. The van der Waals surface area contributed by atoms with Crippen molar-refractivity contribution in [2.24, 2.45) is 5.92 Å². The fourth-order valence-corrected chi connectivity index (χ4v) is 4.45. The molecule has 1 aromatic rings. The lowest BCUT2D eigenvalue weighted by atomic mass is 10.1. The molecule has 1 saturated heterocycles. The van der Waals surface area contributed by atoms with Crippen LogP contribution in [-0.4, -0.2) is 43.5 Å². The Bertz CT molecular complexity index is 601. The van der Waals surface area contributed by atoms with Gasteiger partial charge in [0.05, 0.1) is 11.5 Å². The van der Waals surface area contributed by atoms with Crippen molar-refractivity contribution in [1.29, 1.82) is 0 Å². The molecule has 0 radical (unpaired) electrons. The first kappa shape index (κ1) is 16.0. The van der Waals surface area contributed by atoms with Crippen LogP contribution in [0.4, 0.5) is 11.6 Å². The molecule has 0 bridgehead atoms. The molecule has 1 unspecified atom stereocenters. The number of nitrogens with one attached hydrogen (secondary N) is 2. The Kier molecular flexibility index (Phi) is 5.03. The van der Waals surface area contributed by atoms with Gasteiger partial charge in [-0.2, -0.15) is 0 Å². The highest BCUT2D eigenvalue weighted by Crippen LogP contribution is 2.23. The van der Waals surface area contributed by atoms with E-state index in [1.54, 1.807) is 0 Å². The van der Waals surface area contributed by atoms with Crippen LogP contribution >= 0.6 is 0 Å². The molecule has 6 nitrogen and oxygen atoms in total. The summed E-state index contributed by atoms with van der Waals surface area (Å²) in [4.78, 5) is 9.04. The molecular weight excluding hydrogens is 288 g/mol. The predicted molar refractivity (Wildman–Crippen MR) is 85.6 cm³/mol. The minimum absolute atomic E-state index is 0.178. The first-order valence-electron chi connectivity index (χ1n) is 7.44. The fourth-order valence-electron chi connectivity index (χ4n) is 2.59. The number of nitrogens with zero attached hydrogens (tertiary/aromatic N) is 2. The van der Waals surface area contributed by atoms with Gasteiger partial charge in [-0.15, -0.1) is 0 Å². The maximum absolute atomic E-state index is 11.5. The van der Waals surface area contributed by atoms with Crippen molar-refractivity contribution in [3.8, 4) is 0 Å². The lowest BCUT2D eigenvalue weighted by molar-refractivity contribution is 0.595. The largest absolute Gasteiger partial charge is 0.373 e. The standard InChI is InChI=1S/C14H24N4O2S/c1-4-5-12-17-13(15-3)10(2)14(18-12)16-8-11-6-7-21(19,20)9-11/h11H,4-9H2,1-3H3,(H2,15,16,17,18). The van der Waals surface area contributed by atoms with Crippen molar-refractivity contribution in [3.63, 3.8) is 0 Å². The van der Waals surface area contributed by atoms with Crippen LogP contribution in [0.2, 0.25) is 0 Å². The van der Waals surface area contributed by atoms with Gasteiger partial charge in [-0.3, -0.25) is 0 Å². The zero-order valence-electron chi connectivity index (χ0n) is 12.9. The van der Waals surface area contributed by atoms with Gasteiger partial charge in [-0.05, 0) is 25.7 Å². The monoisotopic (exact) mass is 312 g/mol. The second-order valence-corrected chi connectivity index (χ2v) is 7.84. The van der Waals surface area contributed by atoms with Gasteiger partial charge >= 0.3 is 0 Å². The third kappa shape index (κ3) is 4.06. The number of anilines is 2. The normalized spacial score (nSPS) is 20.4. The van der Waals surface area contributed by atoms with Crippen molar-refractivity contribution < 1.29 is 8.42 Å². The first-order chi connectivity index (χ1) is 9.95. The third-order valence-corrected chi connectivity index (χ3v) is 5.62. The summed E-state index contributed by atoms with van der Waals surface area (Å²) in [5.74, 6) is 3.22. The topological polar surface area (TPSA) is 84.0 Å². The second kappa shape index (κ2) is 6.60. The molecule has 0 spiro atoms. The minimum Gasteiger partial charge on any atom is -0.373 e. The maximum Gasteiger partial charge on any atom is 0.150 e. The van der Waals surface area contributed by atoms with Crippen LogP contribution in [0, 0.1) is 12.8 Å². The zero-order chi connectivity index (χ0) is 15.5. The summed E-state index contributed by atoms with van der Waals surface area (Å²) in [6, 6.07) is 0.